The van der Waals surface area contributed by atoms with Crippen LogP contribution in [0.15, 0.2) is 30.3 Å². The molecule has 9 nitrogen and oxygen atoms in total. The van der Waals surface area contributed by atoms with Gasteiger partial charge in [-0.05, 0) is 12.1 Å². The van der Waals surface area contributed by atoms with Gasteiger partial charge < -0.3 is 40.7 Å². The molecule has 7 N–H and O–H groups in total. The maximum atomic E-state index is 11.2. The van der Waals surface area contributed by atoms with Gasteiger partial charge in [-0.15, -0.1) is 0 Å². The number of rotatable bonds is 6. The van der Waals surface area contributed by atoms with Crippen molar-refractivity contribution >= 4 is 11.7 Å². The molecular formula is C15H21NO8. The Labute approximate surface area is 137 Å². The third kappa shape index (κ3) is 3.83. The summed E-state index contributed by atoms with van der Waals surface area (Å²) < 4.78 is 5.09. The quantitative estimate of drug-likeness (QED) is 0.313. The first-order chi connectivity index (χ1) is 11.3. The van der Waals surface area contributed by atoms with Gasteiger partial charge in [-0.2, -0.15) is 0 Å². The second-order valence-electron chi connectivity index (χ2n) is 5.72. The molecule has 0 radical (unpaired) electrons. The van der Waals surface area contributed by atoms with E-state index in [4.69, 9.17) is 14.9 Å². The van der Waals surface area contributed by atoms with E-state index < -0.39 is 55.2 Å². The number of benzene rings is 1. The Hall–Kier alpha value is -1.75. The minimum absolute atomic E-state index is 0.557. The van der Waals surface area contributed by atoms with Crippen molar-refractivity contribution in [2.45, 2.75) is 42.7 Å². The Kier molecular flexibility index (Phi) is 5.75. The summed E-state index contributed by atoms with van der Waals surface area (Å²) in [4.78, 5) is 11.2. The van der Waals surface area contributed by atoms with Gasteiger partial charge in [0.1, 0.15) is 18.3 Å². The van der Waals surface area contributed by atoms with Crippen LogP contribution >= 0.6 is 0 Å². The van der Waals surface area contributed by atoms with Gasteiger partial charge in [0.15, 0.2) is 0 Å². The summed E-state index contributed by atoms with van der Waals surface area (Å²) in [6.07, 6.45) is -6.90. The Morgan fingerprint density at radius 1 is 1.33 bits per heavy atom. The predicted octanol–water partition coefficient (Wildman–Crippen LogP) is -1.90. The first-order valence-electron chi connectivity index (χ1n) is 7.38. The number of ether oxygens (including phenoxy) is 1. The second kappa shape index (κ2) is 7.43. The molecule has 1 aromatic rings. The molecule has 0 amide bonds. The van der Waals surface area contributed by atoms with Crippen LogP contribution < -0.4 is 5.32 Å². The van der Waals surface area contributed by atoms with E-state index in [1.807, 2.05) is 0 Å². The van der Waals surface area contributed by atoms with E-state index in [-0.39, 0.29) is 0 Å². The van der Waals surface area contributed by atoms with E-state index in [1.54, 1.807) is 30.3 Å². The van der Waals surface area contributed by atoms with Crippen molar-refractivity contribution in [1.29, 1.82) is 0 Å². The third-order valence-corrected chi connectivity index (χ3v) is 3.94. The molecule has 1 unspecified atom stereocenters. The average molecular weight is 343 g/mol. The lowest BCUT2D eigenvalue weighted by Crippen LogP contribution is -2.65. The highest BCUT2D eigenvalue weighted by molar-refractivity contribution is 5.75. The minimum atomic E-state index is -2.71. The van der Waals surface area contributed by atoms with E-state index >= 15 is 0 Å². The summed E-state index contributed by atoms with van der Waals surface area (Å²) in [6, 6.07) is 7.54. The van der Waals surface area contributed by atoms with Crippen molar-refractivity contribution in [3.8, 4) is 0 Å². The van der Waals surface area contributed by atoms with Crippen LogP contribution in [0, 0.1) is 0 Å². The maximum Gasteiger partial charge on any atom is 0.364 e. The summed E-state index contributed by atoms with van der Waals surface area (Å²) in [5, 5.41) is 61.0. The number of carboxylic acid groups (broad SMARTS) is 1. The van der Waals surface area contributed by atoms with E-state index in [9.17, 15) is 25.2 Å². The molecule has 1 aliphatic rings. The van der Waals surface area contributed by atoms with E-state index in [2.05, 4.69) is 5.32 Å². The Morgan fingerprint density at radius 2 is 1.96 bits per heavy atom. The van der Waals surface area contributed by atoms with Gasteiger partial charge in [0.2, 0.25) is 0 Å². The largest absolute Gasteiger partial charge is 0.477 e. The molecule has 0 bridgehead atoms. The topological polar surface area (TPSA) is 160 Å². The van der Waals surface area contributed by atoms with Gasteiger partial charge in [0.25, 0.3) is 5.79 Å². The van der Waals surface area contributed by atoms with Crippen LogP contribution in [0.25, 0.3) is 0 Å². The van der Waals surface area contributed by atoms with Crippen LogP contribution in [0.1, 0.15) is 6.42 Å². The van der Waals surface area contributed by atoms with Crippen LogP contribution in [-0.4, -0.2) is 79.5 Å². The van der Waals surface area contributed by atoms with Crippen LogP contribution in [0.5, 0.6) is 0 Å². The van der Waals surface area contributed by atoms with Crippen LogP contribution in [0.4, 0.5) is 5.69 Å². The zero-order valence-corrected chi connectivity index (χ0v) is 12.7. The molecule has 1 saturated heterocycles. The summed E-state index contributed by atoms with van der Waals surface area (Å²) >= 11 is 0. The first kappa shape index (κ1) is 18.6. The molecule has 2 rings (SSSR count). The van der Waals surface area contributed by atoms with Crippen LogP contribution in [0.2, 0.25) is 0 Å². The molecule has 0 aromatic heterocycles. The highest BCUT2D eigenvalue weighted by Crippen LogP contribution is 2.32. The Bertz CT molecular complexity index is 556. The summed E-state index contributed by atoms with van der Waals surface area (Å²) in [6.45, 7) is -0.805. The summed E-state index contributed by atoms with van der Waals surface area (Å²) in [5.74, 6) is -4.44. The number of carbonyl (C=O) groups is 1. The van der Waals surface area contributed by atoms with E-state index in [0.29, 0.717) is 5.69 Å². The van der Waals surface area contributed by atoms with Crippen molar-refractivity contribution < 1.29 is 40.2 Å². The molecule has 0 aliphatic carbocycles. The lowest BCUT2D eigenvalue weighted by molar-refractivity contribution is -0.290. The molecule has 0 saturated carbocycles. The maximum absolute atomic E-state index is 11.2. The number of aliphatic hydroxyl groups excluding tert-OH is 4. The van der Waals surface area contributed by atoms with Crippen molar-refractivity contribution in [2.75, 3.05) is 11.9 Å². The van der Waals surface area contributed by atoms with E-state index in [0.717, 1.165) is 0 Å². The highest BCUT2D eigenvalue weighted by atomic mass is 16.7. The Morgan fingerprint density at radius 3 is 2.50 bits per heavy atom. The average Bonchev–Trinajstić information content (AvgIpc) is 2.56. The lowest BCUT2D eigenvalue weighted by atomic mass is 9.88. The molecule has 1 fully saturated rings. The lowest BCUT2D eigenvalue weighted by Gasteiger charge is -2.45. The number of aliphatic carboxylic acids is 1. The van der Waals surface area contributed by atoms with Gasteiger partial charge in [-0.25, -0.2) is 4.79 Å². The zero-order valence-electron chi connectivity index (χ0n) is 12.7. The Balaban J connectivity index is 2.29. The van der Waals surface area contributed by atoms with E-state index in [1.165, 1.54) is 0 Å². The van der Waals surface area contributed by atoms with Gasteiger partial charge >= 0.3 is 5.97 Å². The van der Waals surface area contributed by atoms with Crippen molar-refractivity contribution in [3.05, 3.63) is 30.3 Å². The van der Waals surface area contributed by atoms with Crippen LogP contribution in [0.3, 0.4) is 0 Å². The fourth-order valence-corrected chi connectivity index (χ4v) is 2.63. The van der Waals surface area contributed by atoms with Crippen molar-refractivity contribution in [2.24, 2.45) is 0 Å². The number of para-hydroxylation sites is 1. The number of anilines is 1. The zero-order chi connectivity index (χ0) is 17.9. The smallest absolute Gasteiger partial charge is 0.364 e. The van der Waals surface area contributed by atoms with Gasteiger partial charge in [-0.1, -0.05) is 18.2 Å². The van der Waals surface area contributed by atoms with Gasteiger partial charge in [-0.3, -0.25) is 0 Å². The highest BCUT2D eigenvalue weighted by Gasteiger charge is 2.53. The number of aliphatic hydroxyl groups is 5. The van der Waals surface area contributed by atoms with Crippen molar-refractivity contribution in [1.82, 2.24) is 0 Å². The molecule has 1 aliphatic heterocycles. The minimum Gasteiger partial charge on any atom is -0.477 e. The molecule has 6 atom stereocenters. The first-order valence-corrected chi connectivity index (χ1v) is 7.38. The molecule has 24 heavy (non-hydrogen) atoms. The number of hydrogen-bond acceptors (Lipinski definition) is 8. The van der Waals surface area contributed by atoms with Crippen LogP contribution in [-0.2, 0) is 9.53 Å². The molecule has 9 heteroatoms. The molecule has 1 heterocycles. The third-order valence-electron chi connectivity index (χ3n) is 3.94. The monoisotopic (exact) mass is 343 g/mol. The SMILES string of the molecule is O=C(O)C1(O)C[C@H](O)[C@@H](Nc2ccccc2)[C@H]([C@H](O)[C@H](O)CO)O1. The number of carboxylic acids is 1. The molecule has 1 aromatic carbocycles. The van der Waals surface area contributed by atoms with Gasteiger partial charge in [0, 0.05) is 12.1 Å². The van der Waals surface area contributed by atoms with Gasteiger partial charge in [0.05, 0.1) is 18.8 Å². The summed E-state index contributed by atoms with van der Waals surface area (Å²) in [5.41, 5.74) is 0.557. The standard InChI is InChI=1S/C15H21NO8/c17-7-10(19)12(20)13-11(16-8-4-2-1-3-5-8)9(18)6-15(23,24-13)14(21)22/h1-5,9-13,16-20,23H,6-7H2,(H,21,22)/t9-,10+,11+,12+,13+,15?/m0/s1. The molecule has 134 valence electrons. The predicted molar refractivity (Wildman–Crippen MR) is 81.0 cm³/mol. The second-order valence-corrected chi connectivity index (χ2v) is 5.72. The molecular weight excluding hydrogens is 322 g/mol. The number of nitrogens with one attached hydrogen (secondary N) is 1. The fourth-order valence-electron chi connectivity index (χ4n) is 2.63. The fraction of sp³-hybridized carbons (Fsp3) is 0.533. The van der Waals surface area contributed by atoms with Crippen molar-refractivity contribution in [3.63, 3.8) is 0 Å². The normalized spacial score (nSPS) is 32.8. The summed E-state index contributed by atoms with van der Waals surface area (Å²) in [7, 11) is 0. The molecule has 0 spiro atoms. The number of hydrogen-bond donors (Lipinski definition) is 7.